The lowest BCUT2D eigenvalue weighted by Gasteiger charge is -2.11. The molecule has 98 valence electrons. The maximum Gasteiger partial charge on any atom is 0.340 e. The molecule has 19 heavy (non-hydrogen) atoms. The van der Waals surface area contributed by atoms with Crippen molar-refractivity contribution in [3.8, 4) is 0 Å². The molecule has 0 atom stereocenters. The average Bonchev–Trinajstić information content (AvgIpc) is 2.42. The van der Waals surface area contributed by atoms with Crippen LogP contribution in [0.4, 0.5) is 17.2 Å². The molecule has 0 aliphatic carbocycles. The molecule has 2 rings (SSSR count). The van der Waals surface area contributed by atoms with Gasteiger partial charge in [-0.15, -0.1) is 0 Å². The van der Waals surface area contributed by atoms with Crippen LogP contribution < -0.4 is 11.1 Å². The first kappa shape index (κ1) is 12.9. The topological polar surface area (TPSA) is 77.2 Å². The molecule has 0 bridgehead atoms. The zero-order valence-electron chi connectivity index (χ0n) is 10.6. The van der Waals surface area contributed by atoms with Crippen LogP contribution in [-0.2, 0) is 4.74 Å². The summed E-state index contributed by atoms with van der Waals surface area (Å²) in [5.74, 6) is -0.00438. The predicted molar refractivity (Wildman–Crippen MR) is 74.3 cm³/mol. The van der Waals surface area contributed by atoms with Crippen LogP contribution in [0.1, 0.15) is 17.3 Å². The Morgan fingerprint density at radius 2 is 2.05 bits per heavy atom. The number of carbonyl (C=O) groups is 1. The summed E-state index contributed by atoms with van der Waals surface area (Å²) in [6.45, 7) is 2.06. The van der Waals surface area contributed by atoms with Crippen molar-refractivity contribution in [3.05, 3.63) is 48.2 Å². The van der Waals surface area contributed by atoms with Crippen LogP contribution >= 0.6 is 0 Å². The van der Waals surface area contributed by atoms with E-state index in [1.165, 1.54) is 6.20 Å². The number of benzene rings is 1. The molecule has 0 aliphatic heterocycles. The fraction of sp³-hybridized carbons (Fsp3) is 0.143. The zero-order chi connectivity index (χ0) is 13.7. The fourth-order valence-corrected chi connectivity index (χ4v) is 1.62. The third-order valence-electron chi connectivity index (χ3n) is 2.52. The largest absolute Gasteiger partial charge is 0.462 e. The predicted octanol–water partition coefficient (Wildman–Crippen LogP) is 2.58. The van der Waals surface area contributed by atoms with Crippen molar-refractivity contribution in [1.29, 1.82) is 0 Å². The van der Waals surface area contributed by atoms with Crippen molar-refractivity contribution in [2.24, 2.45) is 0 Å². The SMILES string of the molecule is CCOC(=O)c1ccnc(Nc2ccccc2)c1N. The zero-order valence-corrected chi connectivity index (χ0v) is 10.6. The van der Waals surface area contributed by atoms with E-state index in [4.69, 9.17) is 10.5 Å². The highest BCUT2D eigenvalue weighted by Gasteiger charge is 2.14. The van der Waals surface area contributed by atoms with Crippen LogP contribution in [0, 0.1) is 0 Å². The number of carbonyl (C=O) groups excluding carboxylic acids is 1. The van der Waals surface area contributed by atoms with Gasteiger partial charge in [0.25, 0.3) is 0 Å². The first-order valence-corrected chi connectivity index (χ1v) is 5.96. The van der Waals surface area contributed by atoms with Crippen molar-refractivity contribution in [2.45, 2.75) is 6.92 Å². The molecule has 0 unspecified atom stereocenters. The van der Waals surface area contributed by atoms with Crippen LogP contribution in [-0.4, -0.2) is 17.6 Å². The summed E-state index contributed by atoms with van der Waals surface area (Å²) in [4.78, 5) is 15.8. The quantitative estimate of drug-likeness (QED) is 0.823. The van der Waals surface area contributed by atoms with Gasteiger partial charge in [-0.1, -0.05) is 18.2 Å². The van der Waals surface area contributed by atoms with E-state index in [0.29, 0.717) is 18.0 Å². The van der Waals surface area contributed by atoms with Crippen LogP contribution in [0.3, 0.4) is 0 Å². The molecule has 0 aliphatic rings. The standard InChI is InChI=1S/C14H15N3O2/c1-2-19-14(18)11-8-9-16-13(12(11)15)17-10-6-4-3-5-7-10/h3-9H,2,15H2,1H3,(H,16,17). The van der Waals surface area contributed by atoms with Crippen LogP contribution in [0.15, 0.2) is 42.6 Å². The number of hydrogen-bond acceptors (Lipinski definition) is 5. The van der Waals surface area contributed by atoms with Gasteiger partial charge in [0.15, 0.2) is 5.82 Å². The highest BCUT2D eigenvalue weighted by molar-refractivity contribution is 5.97. The Hall–Kier alpha value is -2.56. The Morgan fingerprint density at radius 3 is 2.74 bits per heavy atom. The third kappa shape index (κ3) is 3.01. The van der Waals surface area contributed by atoms with Gasteiger partial charge in [0.1, 0.15) is 0 Å². The minimum Gasteiger partial charge on any atom is -0.462 e. The Labute approximate surface area is 111 Å². The number of pyridine rings is 1. The number of nitrogens with one attached hydrogen (secondary N) is 1. The van der Waals surface area contributed by atoms with E-state index in [1.807, 2.05) is 30.3 Å². The van der Waals surface area contributed by atoms with E-state index >= 15 is 0 Å². The summed E-state index contributed by atoms with van der Waals surface area (Å²) in [5.41, 5.74) is 7.38. The molecule has 1 aromatic carbocycles. The molecule has 0 saturated heterocycles. The lowest BCUT2D eigenvalue weighted by Crippen LogP contribution is -2.10. The molecule has 5 heteroatoms. The van der Waals surface area contributed by atoms with Crippen molar-refractivity contribution in [1.82, 2.24) is 4.98 Å². The number of para-hydroxylation sites is 1. The van der Waals surface area contributed by atoms with Crippen LogP contribution in [0.2, 0.25) is 0 Å². The van der Waals surface area contributed by atoms with Gasteiger partial charge in [0.2, 0.25) is 0 Å². The summed E-state index contributed by atoms with van der Waals surface area (Å²) in [7, 11) is 0. The Balaban J connectivity index is 2.27. The minimum atomic E-state index is -0.446. The number of aromatic nitrogens is 1. The van der Waals surface area contributed by atoms with E-state index in [0.717, 1.165) is 5.69 Å². The first-order chi connectivity index (χ1) is 9.22. The molecule has 0 saturated carbocycles. The fourth-order valence-electron chi connectivity index (χ4n) is 1.62. The lowest BCUT2D eigenvalue weighted by atomic mass is 10.2. The Kier molecular flexibility index (Phi) is 3.97. The Bertz CT molecular complexity index is 570. The Morgan fingerprint density at radius 1 is 1.32 bits per heavy atom. The molecule has 0 radical (unpaired) electrons. The molecule has 3 N–H and O–H groups in total. The number of nitrogens with two attached hydrogens (primary N) is 1. The second-order valence-electron chi connectivity index (χ2n) is 3.83. The summed E-state index contributed by atoms with van der Waals surface area (Å²) in [6.07, 6.45) is 1.52. The van der Waals surface area contributed by atoms with Gasteiger partial charge < -0.3 is 15.8 Å². The first-order valence-electron chi connectivity index (χ1n) is 5.96. The van der Waals surface area contributed by atoms with Crippen molar-refractivity contribution < 1.29 is 9.53 Å². The number of nitrogen functional groups attached to an aromatic ring is 1. The number of anilines is 3. The second-order valence-corrected chi connectivity index (χ2v) is 3.83. The molecular formula is C14H15N3O2. The molecule has 0 spiro atoms. The van der Waals surface area contributed by atoms with Gasteiger partial charge in [-0.05, 0) is 25.1 Å². The maximum atomic E-state index is 11.7. The van der Waals surface area contributed by atoms with Gasteiger partial charge in [0.05, 0.1) is 17.9 Å². The van der Waals surface area contributed by atoms with Crippen LogP contribution in [0.5, 0.6) is 0 Å². The lowest BCUT2D eigenvalue weighted by molar-refractivity contribution is 0.0527. The number of hydrogen-bond donors (Lipinski definition) is 2. The minimum absolute atomic E-state index is 0.282. The molecule has 1 aromatic heterocycles. The second kappa shape index (κ2) is 5.86. The molecular weight excluding hydrogens is 242 g/mol. The summed E-state index contributed by atoms with van der Waals surface area (Å²) < 4.78 is 4.94. The van der Waals surface area contributed by atoms with E-state index < -0.39 is 5.97 Å². The van der Waals surface area contributed by atoms with Crippen molar-refractivity contribution in [3.63, 3.8) is 0 Å². The van der Waals surface area contributed by atoms with Gasteiger partial charge >= 0.3 is 5.97 Å². The van der Waals surface area contributed by atoms with Crippen molar-refractivity contribution >= 4 is 23.2 Å². The third-order valence-corrected chi connectivity index (χ3v) is 2.52. The van der Waals surface area contributed by atoms with Gasteiger partial charge in [-0.3, -0.25) is 0 Å². The van der Waals surface area contributed by atoms with E-state index in [-0.39, 0.29) is 5.69 Å². The van der Waals surface area contributed by atoms with E-state index in [2.05, 4.69) is 10.3 Å². The number of esters is 1. The smallest absolute Gasteiger partial charge is 0.340 e. The average molecular weight is 257 g/mol. The monoisotopic (exact) mass is 257 g/mol. The number of rotatable bonds is 4. The highest BCUT2D eigenvalue weighted by Crippen LogP contribution is 2.24. The number of ether oxygens (including phenoxy) is 1. The molecule has 0 fully saturated rings. The van der Waals surface area contributed by atoms with Gasteiger partial charge in [-0.2, -0.15) is 0 Å². The maximum absolute atomic E-state index is 11.7. The van der Waals surface area contributed by atoms with E-state index in [1.54, 1.807) is 13.0 Å². The molecule has 0 amide bonds. The summed E-state index contributed by atoms with van der Waals surface area (Å²) in [5, 5.41) is 3.07. The van der Waals surface area contributed by atoms with Crippen molar-refractivity contribution in [2.75, 3.05) is 17.7 Å². The highest BCUT2D eigenvalue weighted by atomic mass is 16.5. The van der Waals surface area contributed by atoms with Gasteiger partial charge in [0, 0.05) is 11.9 Å². The van der Waals surface area contributed by atoms with Crippen LogP contribution in [0.25, 0.3) is 0 Å². The number of nitrogens with zero attached hydrogens (tertiary/aromatic N) is 1. The molecule has 1 heterocycles. The normalized spacial score (nSPS) is 9.95. The van der Waals surface area contributed by atoms with E-state index in [9.17, 15) is 4.79 Å². The molecule has 5 nitrogen and oxygen atoms in total. The summed E-state index contributed by atoms with van der Waals surface area (Å²) >= 11 is 0. The molecule has 2 aromatic rings. The van der Waals surface area contributed by atoms with Gasteiger partial charge in [-0.25, -0.2) is 9.78 Å². The summed E-state index contributed by atoms with van der Waals surface area (Å²) in [6, 6.07) is 11.0.